The van der Waals surface area contributed by atoms with Crippen LogP contribution in [-0.4, -0.2) is 9.97 Å². The van der Waals surface area contributed by atoms with Crippen molar-refractivity contribution in [1.29, 1.82) is 0 Å². The molecule has 0 saturated heterocycles. The van der Waals surface area contributed by atoms with Crippen LogP contribution in [0.1, 0.15) is 17.3 Å². The van der Waals surface area contributed by atoms with E-state index in [0.29, 0.717) is 0 Å². The van der Waals surface area contributed by atoms with Gasteiger partial charge in [-0.3, -0.25) is 21.2 Å². The van der Waals surface area contributed by atoms with Crippen molar-refractivity contribution < 1.29 is 0 Å². The van der Waals surface area contributed by atoms with Crippen molar-refractivity contribution in [2.24, 2.45) is 5.84 Å². The van der Waals surface area contributed by atoms with Crippen LogP contribution in [0.2, 0.25) is 0 Å². The molecule has 3 N–H and O–H groups in total. The molecule has 0 spiro atoms. The molecule has 2 aromatic heterocycles. The summed E-state index contributed by atoms with van der Waals surface area (Å²) in [7, 11) is 0. The van der Waals surface area contributed by atoms with Gasteiger partial charge < -0.3 is 0 Å². The van der Waals surface area contributed by atoms with E-state index in [9.17, 15) is 0 Å². The molecule has 2 aromatic rings. The third-order valence-corrected chi connectivity index (χ3v) is 3.15. The minimum atomic E-state index is -0.0326. The average Bonchev–Trinajstić information content (AvgIpc) is 2.38. The second kappa shape index (κ2) is 5.86. The predicted octanol–water partition coefficient (Wildman–Crippen LogP) is 1.99. The number of hydrazine groups is 1. The van der Waals surface area contributed by atoms with Crippen LogP contribution in [0.3, 0.4) is 0 Å². The Morgan fingerprint density at radius 2 is 2.12 bits per heavy atom. The van der Waals surface area contributed by atoms with E-state index in [2.05, 4.69) is 31.3 Å². The van der Waals surface area contributed by atoms with Crippen LogP contribution in [0.15, 0.2) is 47.3 Å². The number of halogens is 1. The highest BCUT2D eigenvalue weighted by molar-refractivity contribution is 9.10. The Labute approximate surface area is 108 Å². The summed E-state index contributed by atoms with van der Waals surface area (Å²) in [5, 5.41) is 0. The molecular weight excluding hydrogens is 280 g/mol. The fraction of sp³-hybridized carbons (Fsp3) is 0.167. The second-order valence-corrected chi connectivity index (χ2v) is 4.51. The average molecular weight is 293 g/mol. The van der Waals surface area contributed by atoms with Crippen molar-refractivity contribution in [2.45, 2.75) is 12.5 Å². The molecule has 0 aromatic carbocycles. The van der Waals surface area contributed by atoms with Gasteiger partial charge in [-0.25, -0.2) is 0 Å². The predicted molar refractivity (Wildman–Crippen MR) is 69.9 cm³/mol. The number of hydrogen-bond donors (Lipinski definition) is 2. The highest BCUT2D eigenvalue weighted by Crippen LogP contribution is 2.22. The number of nitrogens with two attached hydrogens (primary N) is 1. The lowest BCUT2D eigenvalue weighted by Crippen LogP contribution is -2.30. The van der Waals surface area contributed by atoms with E-state index in [0.717, 1.165) is 22.2 Å². The van der Waals surface area contributed by atoms with Gasteiger partial charge in [-0.2, -0.15) is 0 Å². The SMILES string of the molecule is NNC(Cc1cccnc1)c1ncccc1Br. The molecule has 0 bridgehead atoms. The van der Waals surface area contributed by atoms with Crippen LogP contribution in [0, 0.1) is 0 Å². The first-order valence-electron chi connectivity index (χ1n) is 5.26. The van der Waals surface area contributed by atoms with Crippen molar-refractivity contribution in [3.8, 4) is 0 Å². The maximum atomic E-state index is 5.59. The first-order valence-corrected chi connectivity index (χ1v) is 6.06. The van der Waals surface area contributed by atoms with Crippen molar-refractivity contribution in [2.75, 3.05) is 0 Å². The highest BCUT2D eigenvalue weighted by atomic mass is 79.9. The van der Waals surface area contributed by atoms with Gasteiger partial charge in [0.15, 0.2) is 0 Å². The molecule has 4 nitrogen and oxygen atoms in total. The normalized spacial score (nSPS) is 12.4. The monoisotopic (exact) mass is 292 g/mol. The van der Waals surface area contributed by atoms with Gasteiger partial charge >= 0.3 is 0 Å². The molecule has 2 rings (SSSR count). The van der Waals surface area contributed by atoms with Gasteiger partial charge in [0, 0.05) is 23.1 Å². The maximum absolute atomic E-state index is 5.59. The molecule has 1 atom stereocenters. The van der Waals surface area contributed by atoms with Crippen LogP contribution in [0.25, 0.3) is 0 Å². The van der Waals surface area contributed by atoms with E-state index in [1.807, 2.05) is 30.5 Å². The summed E-state index contributed by atoms with van der Waals surface area (Å²) in [6, 6.07) is 7.74. The van der Waals surface area contributed by atoms with E-state index >= 15 is 0 Å². The smallest absolute Gasteiger partial charge is 0.0731 e. The van der Waals surface area contributed by atoms with Crippen LogP contribution >= 0.6 is 15.9 Å². The third kappa shape index (κ3) is 3.09. The van der Waals surface area contributed by atoms with E-state index < -0.39 is 0 Å². The van der Waals surface area contributed by atoms with Gasteiger partial charge in [0.1, 0.15) is 0 Å². The van der Waals surface area contributed by atoms with E-state index in [4.69, 9.17) is 5.84 Å². The minimum absolute atomic E-state index is 0.0326. The van der Waals surface area contributed by atoms with Gasteiger partial charge in [-0.1, -0.05) is 6.07 Å². The lowest BCUT2D eigenvalue weighted by atomic mass is 10.1. The maximum Gasteiger partial charge on any atom is 0.0731 e. The molecule has 2 heterocycles. The topological polar surface area (TPSA) is 63.8 Å². The van der Waals surface area contributed by atoms with Crippen LogP contribution in [-0.2, 0) is 6.42 Å². The standard InChI is InChI=1S/C12H13BrN4/c13-10-4-2-6-16-12(10)11(17-14)7-9-3-1-5-15-8-9/h1-6,8,11,17H,7,14H2. The summed E-state index contributed by atoms with van der Waals surface area (Å²) in [5.41, 5.74) is 4.81. The summed E-state index contributed by atoms with van der Waals surface area (Å²) in [4.78, 5) is 8.42. The molecule has 0 radical (unpaired) electrons. The molecular formula is C12H13BrN4. The zero-order valence-corrected chi connectivity index (χ0v) is 10.8. The summed E-state index contributed by atoms with van der Waals surface area (Å²) in [5.74, 6) is 5.59. The van der Waals surface area contributed by atoms with Crippen molar-refractivity contribution in [1.82, 2.24) is 15.4 Å². The Balaban J connectivity index is 2.21. The number of aromatic nitrogens is 2. The van der Waals surface area contributed by atoms with E-state index in [-0.39, 0.29) is 6.04 Å². The summed E-state index contributed by atoms with van der Waals surface area (Å²) in [6.45, 7) is 0. The number of rotatable bonds is 4. The number of hydrogen-bond acceptors (Lipinski definition) is 4. The van der Waals surface area contributed by atoms with E-state index in [1.165, 1.54) is 0 Å². The zero-order valence-electron chi connectivity index (χ0n) is 9.18. The largest absolute Gasteiger partial charge is 0.271 e. The van der Waals surface area contributed by atoms with Crippen LogP contribution < -0.4 is 11.3 Å². The first kappa shape index (κ1) is 12.2. The number of nitrogens with one attached hydrogen (secondary N) is 1. The molecule has 0 aliphatic rings. The number of pyridine rings is 2. The Morgan fingerprint density at radius 3 is 2.76 bits per heavy atom. The summed E-state index contributed by atoms with van der Waals surface area (Å²) >= 11 is 3.48. The lowest BCUT2D eigenvalue weighted by Gasteiger charge is -2.16. The summed E-state index contributed by atoms with van der Waals surface area (Å²) < 4.78 is 0.951. The Hall–Kier alpha value is -1.30. The molecule has 1 unspecified atom stereocenters. The van der Waals surface area contributed by atoms with Gasteiger partial charge in [-0.05, 0) is 46.1 Å². The molecule has 0 aliphatic heterocycles. The molecule has 0 amide bonds. The highest BCUT2D eigenvalue weighted by Gasteiger charge is 2.14. The van der Waals surface area contributed by atoms with Gasteiger partial charge in [0.05, 0.1) is 11.7 Å². The third-order valence-electron chi connectivity index (χ3n) is 2.48. The molecule has 88 valence electrons. The second-order valence-electron chi connectivity index (χ2n) is 3.66. The zero-order chi connectivity index (χ0) is 12.1. The minimum Gasteiger partial charge on any atom is -0.271 e. The molecule has 0 aliphatic carbocycles. The van der Waals surface area contributed by atoms with Gasteiger partial charge in [0.25, 0.3) is 0 Å². The van der Waals surface area contributed by atoms with Crippen LogP contribution in [0.4, 0.5) is 0 Å². The summed E-state index contributed by atoms with van der Waals surface area (Å²) in [6.07, 6.45) is 6.10. The molecule has 0 saturated carbocycles. The van der Waals surface area contributed by atoms with Crippen molar-refractivity contribution >= 4 is 15.9 Å². The molecule has 5 heteroatoms. The Morgan fingerprint density at radius 1 is 1.29 bits per heavy atom. The van der Waals surface area contributed by atoms with Gasteiger partial charge in [-0.15, -0.1) is 0 Å². The lowest BCUT2D eigenvalue weighted by molar-refractivity contribution is 0.535. The van der Waals surface area contributed by atoms with Crippen molar-refractivity contribution in [3.05, 3.63) is 58.6 Å². The number of nitrogens with zero attached hydrogens (tertiary/aromatic N) is 2. The molecule has 17 heavy (non-hydrogen) atoms. The van der Waals surface area contributed by atoms with E-state index in [1.54, 1.807) is 12.4 Å². The Kier molecular flexibility index (Phi) is 4.19. The first-order chi connectivity index (χ1) is 8.31. The fourth-order valence-corrected chi connectivity index (χ4v) is 2.17. The molecule has 0 fully saturated rings. The quantitative estimate of drug-likeness (QED) is 0.668. The van der Waals surface area contributed by atoms with Gasteiger partial charge in [0.2, 0.25) is 0 Å². The van der Waals surface area contributed by atoms with Crippen LogP contribution in [0.5, 0.6) is 0 Å². The van der Waals surface area contributed by atoms with Crippen molar-refractivity contribution in [3.63, 3.8) is 0 Å². The Bertz CT molecular complexity index is 475. The fourth-order valence-electron chi connectivity index (χ4n) is 1.64.